The summed E-state index contributed by atoms with van der Waals surface area (Å²) in [5.74, 6) is -0.933. The summed E-state index contributed by atoms with van der Waals surface area (Å²) < 4.78 is 5.62. The van der Waals surface area contributed by atoms with Crippen LogP contribution in [-0.2, 0) is 4.74 Å². The Hall–Kier alpha value is -1.26. The monoisotopic (exact) mass is 283 g/mol. The number of likely N-dealkylation sites (N-methyl/N-ethyl adjacent to an activating group) is 1. The number of halogens is 1. The van der Waals surface area contributed by atoms with Gasteiger partial charge in [0.1, 0.15) is 0 Å². The first kappa shape index (κ1) is 14.2. The van der Waals surface area contributed by atoms with Gasteiger partial charge in [-0.15, -0.1) is 0 Å². The van der Waals surface area contributed by atoms with Crippen molar-refractivity contribution < 1.29 is 14.6 Å². The minimum Gasteiger partial charge on any atom is -0.478 e. The zero-order valence-corrected chi connectivity index (χ0v) is 11.7. The van der Waals surface area contributed by atoms with E-state index in [2.05, 4.69) is 0 Å². The molecule has 5 heteroatoms. The number of anilines is 1. The molecule has 1 saturated heterocycles. The molecule has 1 aliphatic heterocycles. The fraction of sp³-hybridized carbons (Fsp3) is 0.500. The Morgan fingerprint density at radius 3 is 2.95 bits per heavy atom. The summed E-state index contributed by atoms with van der Waals surface area (Å²) in [7, 11) is 0. The van der Waals surface area contributed by atoms with E-state index in [-0.39, 0.29) is 11.7 Å². The Balaban J connectivity index is 2.25. The van der Waals surface area contributed by atoms with E-state index in [9.17, 15) is 9.90 Å². The second kappa shape index (κ2) is 6.26. The van der Waals surface area contributed by atoms with Crippen LogP contribution >= 0.6 is 11.6 Å². The van der Waals surface area contributed by atoms with Crippen LogP contribution in [0.1, 0.15) is 30.1 Å². The van der Waals surface area contributed by atoms with Crippen LogP contribution in [0, 0.1) is 0 Å². The Bertz CT molecular complexity index is 458. The van der Waals surface area contributed by atoms with Gasteiger partial charge in [-0.2, -0.15) is 0 Å². The fourth-order valence-electron chi connectivity index (χ4n) is 2.38. The molecule has 0 spiro atoms. The minimum absolute atomic E-state index is 0.181. The van der Waals surface area contributed by atoms with Crippen LogP contribution in [0.15, 0.2) is 18.2 Å². The summed E-state index contributed by atoms with van der Waals surface area (Å²) >= 11 is 5.99. The number of nitrogens with zero attached hydrogens (tertiary/aromatic N) is 1. The topological polar surface area (TPSA) is 49.8 Å². The maximum absolute atomic E-state index is 11.3. The lowest BCUT2D eigenvalue weighted by Gasteiger charge is -2.27. The van der Waals surface area contributed by atoms with Crippen molar-refractivity contribution in [2.75, 3.05) is 24.6 Å². The van der Waals surface area contributed by atoms with Gasteiger partial charge in [0.25, 0.3) is 0 Å². The maximum Gasteiger partial charge on any atom is 0.337 e. The largest absolute Gasteiger partial charge is 0.478 e. The van der Waals surface area contributed by atoms with Crippen molar-refractivity contribution in [3.8, 4) is 0 Å². The average Bonchev–Trinajstić information content (AvgIpc) is 2.88. The summed E-state index contributed by atoms with van der Waals surface area (Å²) in [5, 5.41) is 9.81. The second-order valence-electron chi connectivity index (χ2n) is 4.64. The van der Waals surface area contributed by atoms with Crippen LogP contribution in [0.25, 0.3) is 0 Å². The van der Waals surface area contributed by atoms with Gasteiger partial charge in [0.2, 0.25) is 0 Å². The molecule has 1 atom stereocenters. The van der Waals surface area contributed by atoms with E-state index in [0.717, 1.165) is 26.0 Å². The molecule has 4 nitrogen and oxygen atoms in total. The van der Waals surface area contributed by atoms with Crippen LogP contribution < -0.4 is 4.90 Å². The van der Waals surface area contributed by atoms with E-state index < -0.39 is 5.97 Å². The highest BCUT2D eigenvalue weighted by Gasteiger charge is 2.22. The van der Waals surface area contributed by atoms with Gasteiger partial charge >= 0.3 is 5.97 Å². The molecule has 0 aliphatic carbocycles. The molecule has 0 saturated carbocycles. The fourth-order valence-corrected chi connectivity index (χ4v) is 2.55. The van der Waals surface area contributed by atoms with Gasteiger partial charge in [0, 0.05) is 24.7 Å². The lowest BCUT2D eigenvalue weighted by atomic mass is 10.1. The van der Waals surface area contributed by atoms with E-state index >= 15 is 0 Å². The van der Waals surface area contributed by atoms with Crippen LogP contribution in [0.2, 0.25) is 5.02 Å². The van der Waals surface area contributed by atoms with Crippen molar-refractivity contribution in [3.05, 3.63) is 28.8 Å². The molecule has 1 heterocycles. The quantitative estimate of drug-likeness (QED) is 0.902. The lowest BCUT2D eigenvalue weighted by molar-refractivity contribution is 0.0697. The summed E-state index contributed by atoms with van der Waals surface area (Å²) in [6, 6.07) is 4.87. The van der Waals surface area contributed by atoms with Gasteiger partial charge in [0.15, 0.2) is 0 Å². The summed E-state index contributed by atoms with van der Waals surface area (Å²) in [5.41, 5.74) is 0.947. The molecule has 1 aliphatic rings. The molecule has 104 valence electrons. The summed E-state index contributed by atoms with van der Waals surface area (Å²) in [6.07, 6.45) is 2.28. The number of rotatable bonds is 5. The van der Waals surface area contributed by atoms with E-state index in [1.807, 2.05) is 11.8 Å². The third kappa shape index (κ3) is 3.39. The highest BCUT2D eigenvalue weighted by Crippen LogP contribution is 2.26. The zero-order valence-electron chi connectivity index (χ0n) is 10.9. The SMILES string of the molecule is CCN(CC1CCCO1)c1cc(Cl)ccc1C(=O)O. The van der Waals surface area contributed by atoms with Crippen molar-refractivity contribution >= 4 is 23.3 Å². The molecule has 1 N–H and O–H groups in total. The van der Waals surface area contributed by atoms with Crippen molar-refractivity contribution in [1.29, 1.82) is 0 Å². The molecule has 1 aromatic carbocycles. The molecular weight excluding hydrogens is 266 g/mol. The lowest BCUT2D eigenvalue weighted by Crippen LogP contribution is -2.33. The maximum atomic E-state index is 11.3. The van der Waals surface area contributed by atoms with Gasteiger partial charge in [-0.05, 0) is 38.0 Å². The number of ether oxygens (including phenoxy) is 1. The number of aromatic carboxylic acids is 1. The van der Waals surface area contributed by atoms with Crippen molar-refractivity contribution in [3.63, 3.8) is 0 Å². The normalized spacial score (nSPS) is 18.5. The van der Waals surface area contributed by atoms with Gasteiger partial charge in [-0.25, -0.2) is 4.79 Å². The van der Waals surface area contributed by atoms with Crippen LogP contribution in [0.5, 0.6) is 0 Å². The van der Waals surface area contributed by atoms with E-state index in [1.165, 1.54) is 0 Å². The van der Waals surface area contributed by atoms with Gasteiger partial charge in [-0.1, -0.05) is 11.6 Å². The highest BCUT2D eigenvalue weighted by molar-refractivity contribution is 6.31. The molecule has 0 radical (unpaired) electrons. The Labute approximate surface area is 117 Å². The van der Waals surface area contributed by atoms with Gasteiger partial charge in [0.05, 0.1) is 17.4 Å². The number of benzene rings is 1. The first-order chi connectivity index (χ1) is 9.11. The second-order valence-corrected chi connectivity index (χ2v) is 5.08. The zero-order chi connectivity index (χ0) is 13.8. The Morgan fingerprint density at radius 1 is 1.58 bits per heavy atom. The Morgan fingerprint density at radius 2 is 2.37 bits per heavy atom. The average molecular weight is 284 g/mol. The van der Waals surface area contributed by atoms with E-state index in [0.29, 0.717) is 17.3 Å². The molecule has 0 amide bonds. The molecule has 1 aromatic rings. The molecule has 1 fully saturated rings. The third-order valence-corrected chi connectivity index (χ3v) is 3.60. The Kier molecular flexibility index (Phi) is 4.66. The van der Waals surface area contributed by atoms with Crippen molar-refractivity contribution in [1.82, 2.24) is 0 Å². The first-order valence-electron chi connectivity index (χ1n) is 6.51. The molecule has 2 rings (SSSR count). The number of carboxylic acids is 1. The molecule has 0 bridgehead atoms. The van der Waals surface area contributed by atoms with Crippen LogP contribution in [-0.4, -0.2) is 36.9 Å². The minimum atomic E-state index is -0.933. The highest BCUT2D eigenvalue weighted by atomic mass is 35.5. The molecular formula is C14H18ClNO3. The summed E-state index contributed by atoms with van der Waals surface area (Å²) in [4.78, 5) is 13.3. The van der Waals surface area contributed by atoms with Crippen molar-refractivity contribution in [2.24, 2.45) is 0 Å². The smallest absolute Gasteiger partial charge is 0.337 e. The van der Waals surface area contributed by atoms with Crippen LogP contribution in [0.4, 0.5) is 5.69 Å². The van der Waals surface area contributed by atoms with Crippen LogP contribution in [0.3, 0.4) is 0 Å². The molecule has 19 heavy (non-hydrogen) atoms. The third-order valence-electron chi connectivity index (χ3n) is 3.36. The number of hydrogen-bond donors (Lipinski definition) is 1. The van der Waals surface area contributed by atoms with Crippen molar-refractivity contribution in [2.45, 2.75) is 25.9 Å². The first-order valence-corrected chi connectivity index (χ1v) is 6.89. The van der Waals surface area contributed by atoms with Gasteiger partial charge < -0.3 is 14.7 Å². The number of carbonyl (C=O) groups is 1. The predicted octanol–water partition coefficient (Wildman–Crippen LogP) is 3.04. The number of hydrogen-bond acceptors (Lipinski definition) is 3. The predicted molar refractivity (Wildman–Crippen MR) is 75.3 cm³/mol. The van der Waals surface area contributed by atoms with E-state index in [4.69, 9.17) is 16.3 Å². The van der Waals surface area contributed by atoms with E-state index in [1.54, 1.807) is 18.2 Å². The number of carboxylic acid groups (broad SMARTS) is 1. The molecule has 0 aromatic heterocycles. The van der Waals surface area contributed by atoms with Gasteiger partial charge in [-0.3, -0.25) is 0 Å². The summed E-state index contributed by atoms with van der Waals surface area (Å²) in [6.45, 7) is 4.22. The standard InChI is InChI=1S/C14H18ClNO3/c1-2-16(9-11-4-3-7-19-11)13-8-10(15)5-6-12(13)14(17)18/h5-6,8,11H,2-4,7,9H2,1H3,(H,17,18). The molecule has 1 unspecified atom stereocenters.